The molecule has 5 nitrogen and oxygen atoms in total. The van der Waals surface area contributed by atoms with E-state index in [2.05, 4.69) is 10.3 Å². The molecule has 0 radical (unpaired) electrons. The van der Waals surface area contributed by atoms with Gasteiger partial charge in [0.1, 0.15) is 0 Å². The predicted octanol–water partition coefficient (Wildman–Crippen LogP) is 1.34. The Labute approximate surface area is 109 Å². The Morgan fingerprint density at radius 2 is 2.11 bits per heavy atom. The molecule has 1 aliphatic rings. The highest BCUT2D eigenvalue weighted by atomic mass is 16.2. The summed E-state index contributed by atoms with van der Waals surface area (Å²) in [4.78, 5) is 27.5. The highest BCUT2D eigenvalue weighted by Crippen LogP contribution is 2.32. The monoisotopic (exact) mass is 255 g/mol. The van der Waals surface area contributed by atoms with Crippen molar-refractivity contribution < 1.29 is 9.59 Å². The lowest BCUT2D eigenvalue weighted by Crippen LogP contribution is -2.39. The Hall–Kier alpha value is -2.43. The number of imide groups is 1. The molecule has 1 aliphatic heterocycles. The number of nitrogens with one attached hydrogen (secondary N) is 1. The Balaban J connectivity index is 2.13. The molecular weight excluding hydrogens is 242 g/mol. The number of anilines is 1. The molecule has 2 amide bonds. The fraction of sp³-hybridized carbons (Fsp3) is 0.214. The van der Waals surface area contributed by atoms with Crippen LogP contribution in [0.1, 0.15) is 24.3 Å². The van der Waals surface area contributed by atoms with Crippen LogP contribution in [0.15, 0.2) is 30.5 Å². The van der Waals surface area contributed by atoms with E-state index in [4.69, 9.17) is 5.73 Å². The molecule has 1 saturated heterocycles. The standard InChI is InChI=1S/C14H13N3O2/c15-11-5-3-8(13-10(11)2-1-7-16-13)9-4-6-12(18)17-14(9)19/h1-3,5,7,9H,4,6,15H2,(H,17,18,19). The van der Waals surface area contributed by atoms with Crippen molar-refractivity contribution in [2.24, 2.45) is 0 Å². The minimum absolute atomic E-state index is 0.214. The summed E-state index contributed by atoms with van der Waals surface area (Å²) in [6, 6.07) is 7.30. The second-order valence-electron chi connectivity index (χ2n) is 4.65. The Morgan fingerprint density at radius 1 is 1.26 bits per heavy atom. The maximum absolute atomic E-state index is 11.9. The van der Waals surface area contributed by atoms with Gasteiger partial charge >= 0.3 is 0 Å². The Bertz CT molecular complexity index is 681. The highest BCUT2D eigenvalue weighted by Gasteiger charge is 2.29. The van der Waals surface area contributed by atoms with E-state index in [1.54, 1.807) is 12.3 Å². The van der Waals surface area contributed by atoms with Crippen molar-refractivity contribution in [2.45, 2.75) is 18.8 Å². The third-order valence-electron chi connectivity index (χ3n) is 3.45. The molecule has 1 unspecified atom stereocenters. The average Bonchev–Trinajstić information content (AvgIpc) is 2.41. The first kappa shape index (κ1) is 11.6. The highest BCUT2D eigenvalue weighted by molar-refractivity contribution is 6.03. The van der Waals surface area contributed by atoms with Crippen LogP contribution in [-0.4, -0.2) is 16.8 Å². The second kappa shape index (κ2) is 4.35. The van der Waals surface area contributed by atoms with Crippen molar-refractivity contribution in [1.82, 2.24) is 10.3 Å². The summed E-state index contributed by atoms with van der Waals surface area (Å²) < 4.78 is 0. The van der Waals surface area contributed by atoms with Crippen molar-refractivity contribution in [2.75, 3.05) is 5.73 Å². The summed E-state index contributed by atoms with van der Waals surface area (Å²) in [6.07, 6.45) is 2.55. The van der Waals surface area contributed by atoms with Crippen molar-refractivity contribution in [3.8, 4) is 0 Å². The number of fused-ring (bicyclic) bond motifs is 1. The SMILES string of the molecule is Nc1ccc(C2CCC(=O)NC2=O)c2ncccc12. The zero-order valence-electron chi connectivity index (χ0n) is 10.2. The van der Waals surface area contributed by atoms with Gasteiger partial charge in [-0.1, -0.05) is 6.07 Å². The van der Waals surface area contributed by atoms with Crippen LogP contribution in [0.5, 0.6) is 0 Å². The number of carbonyl (C=O) groups is 2. The predicted molar refractivity (Wildman–Crippen MR) is 71.3 cm³/mol. The number of piperidine rings is 1. The summed E-state index contributed by atoms with van der Waals surface area (Å²) >= 11 is 0. The van der Waals surface area contributed by atoms with E-state index in [1.165, 1.54) is 0 Å². The van der Waals surface area contributed by atoms with Gasteiger partial charge in [-0.25, -0.2) is 0 Å². The number of nitrogen functional groups attached to an aromatic ring is 1. The first-order valence-electron chi connectivity index (χ1n) is 6.13. The fourth-order valence-corrected chi connectivity index (χ4v) is 2.49. The van der Waals surface area contributed by atoms with Gasteiger partial charge in [-0.15, -0.1) is 0 Å². The van der Waals surface area contributed by atoms with Crippen LogP contribution in [0.4, 0.5) is 5.69 Å². The van der Waals surface area contributed by atoms with Gasteiger partial charge < -0.3 is 5.73 Å². The minimum Gasteiger partial charge on any atom is -0.398 e. The lowest BCUT2D eigenvalue weighted by atomic mass is 9.88. The number of amides is 2. The topological polar surface area (TPSA) is 85.1 Å². The van der Waals surface area contributed by atoms with Crippen LogP contribution in [0.2, 0.25) is 0 Å². The molecule has 0 spiro atoms. The van der Waals surface area contributed by atoms with E-state index >= 15 is 0 Å². The average molecular weight is 255 g/mol. The second-order valence-corrected chi connectivity index (χ2v) is 4.65. The molecule has 1 atom stereocenters. The molecule has 5 heteroatoms. The van der Waals surface area contributed by atoms with Gasteiger partial charge in [-0.05, 0) is 30.2 Å². The Morgan fingerprint density at radius 3 is 2.89 bits per heavy atom. The zero-order chi connectivity index (χ0) is 13.4. The number of aromatic nitrogens is 1. The number of nitrogens with zero attached hydrogens (tertiary/aromatic N) is 1. The van der Waals surface area contributed by atoms with Gasteiger partial charge in [0.15, 0.2) is 0 Å². The van der Waals surface area contributed by atoms with E-state index in [0.29, 0.717) is 18.5 Å². The zero-order valence-corrected chi connectivity index (χ0v) is 10.2. The van der Waals surface area contributed by atoms with Gasteiger partial charge in [0.25, 0.3) is 0 Å². The number of rotatable bonds is 1. The molecule has 3 N–H and O–H groups in total. The number of hydrogen-bond donors (Lipinski definition) is 2. The number of benzene rings is 1. The largest absolute Gasteiger partial charge is 0.398 e. The van der Waals surface area contributed by atoms with E-state index in [-0.39, 0.29) is 17.7 Å². The normalized spacial score (nSPS) is 19.5. The number of hydrogen-bond acceptors (Lipinski definition) is 4. The number of carbonyl (C=O) groups excluding carboxylic acids is 2. The van der Waals surface area contributed by atoms with E-state index in [0.717, 1.165) is 16.5 Å². The minimum atomic E-state index is -0.337. The van der Waals surface area contributed by atoms with E-state index < -0.39 is 0 Å². The van der Waals surface area contributed by atoms with Crippen LogP contribution in [-0.2, 0) is 9.59 Å². The molecule has 2 heterocycles. The summed E-state index contributed by atoms with van der Waals surface area (Å²) in [6.45, 7) is 0. The van der Waals surface area contributed by atoms with Crippen molar-refractivity contribution in [1.29, 1.82) is 0 Å². The molecule has 0 aliphatic carbocycles. The van der Waals surface area contributed by atoms with E-state index in [1.807, 2.05) is 18.2 Å². The molecule has 3 rings (SSSR count). The lowest BCUT2D eigenvalue weighted by molar-refractivity contribution is -0.134. The quantitative estimate of drug-likeness (QED) is 0.594. The summed E-state index contributed by atoms with van der Waals surface area (Å²) in [5, 5.41) is 3.21. The lowest BCUT2D eigenvalue weighted by Gasteiger charge is -2.22. The van der Waals surface area contributed by atoms with Crippen molar-refractivity contribution in [3.63, 3.8) is 0 Å². The third-order valence-corrected chi connectivity index (χ3v) is 3.45. The molecule has 19 heavy (non-hydrogen) atoms. The number of nitrogens with two attached hydrogens (primary N) is 1. The van der Waals surface area contributed by atoms with Gasteiger partial charge in [0.2, 0.25) is 11.8 Å². The maximum Gasteiger partial charge on any atom is 0.234 e. The van der Waals surface area contributed by atoms with Crippen LogP contribution < -0.4 is 11.1 Å². The van der Waals surface area contributed by atoms with Gasteiger partial charge in [-0.3, -0.25) is 19.9 Å². The smallest absolute Gasteiger partial charge is 0.234 e. The molecular formula is C14H13N3O2. The molecule has 1 aromatic carbocycles. The summed E-state index contributed by atoms with van der Waals surface area (Å²) in [7, 11) is 0. The van der Waals surface area contributed by atoms with Crippen molar-refractivity contribution >= 4 is 28.4 Å². The first-order valence-corrected chi connectivity index (χ1v) is 6.13. The maximum atomic E-state index is 11.9. The summed E-state index contributed by atoms with van der Waals surface area (Å²) in [5.74, 6) is -0.808. The molecule has 1 fully saturated rings. The molecule has 1 aromatic heterocycles. The van der Waals surface area contributed by atoms with Crippen LogP contribution in [0.25, 0.3) is 10.9 Å². The van der Waals surface area contributed by atoms with Crippen molar-refractivity contribution in [3.05, 3.63) is 36.0 Å². The molecule has 0 bridgehead atoms. The summed E-state index contributed by atoms with van der Waals surface area (Å²) in [5.41, 5.74) is 8.12. The third kappa shape index (κ3) is 1.93. The Kier molecular flexibility index (Phi) is 2.67. The van der Waals surface area contributed by atoms with Crippen LogP contribution in [0, 0.1) is 0 Å². The van der Waals surface area contributed by atoms with Crippen LogP contribution >= 0.6 is 0 Å². The first-order chi connectivity index (χ1) is 9.16. The van der Waals surface area contributed by atoms with Gasteiger partial charge in [0.05, 0.1) is 11.4 Å². The van der Waals surface area contributed by atoms with Gasteiger partial charge in [0, 0.05) is 23.7 Å². The molecule has 96 valence electrons. The molecule has 0 saturated carbocycles. The number of pyridine rings is 1. The molecule has 2 aromatic rings. The van der Waals surface area contributed by atoms with E-state index in [9.17, 15) is 9.59 Å². The fourth-order valence-electron chi connectivity index (χ4n) is 2.49. The van der Waals surface area contributed by atoms with Gasteiger partial charge in [-0.2, -0.15) is 0 Å². The van der Waals surface area contributed by atoms with Crippen LogP contribution in [0.3, 0.4) is 0 Å².